The molecule has 0 spiro atoms. The highest BCUT2D eigenvalue weighted by Gasteiger charge is 2.66. The van der Waals surface area contributed by atoms with Crippen molar-refractivity contribution in [2.75, 3.05) is 0 Å². The van der Waals surface area contributed by atoms with Crippen LogP contribution in [-0.4, -0.2) is 43.2 Å². The Morgan fingerprint density at radius 2 is 0.927 bits per heavy atom. The number of alkyl halides is 20. The third-order valence-corrected chi connectivity index (χ3v) is 3.73. The lowest BCUT2D eigenvalue weighted by Gasteiger charge is -2.32. The normalized spacial score (nSPS) is 13.1. The van der Waals surface area contributed by atoms with E-state index in [9.17, 15) is 92.3 Å². The van der Waals surface area contributed by atoms with Crippen LogP contribution in [0.15, 0.2) is 0 Å². The van der Waals surface area contributed by atoms with Gasteiger partial charge in [-0.2, -0.15) is 87.8 Å². The summed E-state index contributed by atoms with van der Waals surface area (Å²) in [5.41, 5.74) is -3.58. The summed E-state index contributed by atoms with van der Waals surface area (Å²) < 4.78 is 254. The quantitative estimate of drug-likeness (QED) is 0.214. The molecule has 0 amide bonds. The van der Waals surface area contributed by atoms with Crippen LogP contribution in [-0.2, 0) is 4.94 Å². The molecule has 0 saturated carbocycles. The van der Waals surface area contributed by atoms with E-state index in [1.807, 2.05) is 0 Å². The molecule has 0 rings (SSSR count). The average Bonchev–Trinajstić information content (AvgIpc) is 2.70. The lowest BCUT2D eigenvalue weighted by Crippen LogP contribution is -2.47. The SMILES string of the molecule is CC#CC(F)(F)F.CC(C(F)(F)F)C(F)(F)F.CCC(C)(C(F)(F)F)C(F)(F)F.FF.FOC(F)(F)CC(F)(F)F. The van der Waals surface area contributed by atoms with Crippen LogP contribution in [0.1, 0.15) is 40.5 Å². The Morgan fingerprint density at radius 1 is 0.634 bits per heavy atom. The van der Waals surface area contributed by atoms with Crippen molar-refractivity contribution in [2.24, 2.45) is 11.3 Å². The fraction of sp³-hybridized carbons (Fsp3) is 0.882. The van der Waals surface area contributed by atoms with Crippen molar-refractivity contribution < 1.29 is 106 Å². The fourth-order valence-corrected chi connectivity index (χ4v) is 1.15. The van der Waals surface area contributed by atoms with Crippen molar-refractivity contribution in [3.05, 3.63) is 0 Å². The Bertz CT molecular complexity index is 690. The molecule has 0 aromatic carbocycles. The minimum Gasteiger partial charge on any atom is -0.173 e. The van der Waals surface area contributed by atoms with E-state index in [0.717, 1.165) is 19.8 Å². The van der Waals surface area contributed by atoms with Gasteiger partial charge in [-0.3, -0.25) is 0 Å². The minimum absolute atomic E-state index is 0.0833. The standard InChI is InChI=1S/C6H8F6.C4H4F6.C4H3F3.C3H2F6O.F2/c1-3-4(2,5(7,8)9)6(10,11)12;1-2(3(5,6)7)4(8,9)10;1-2-3-4(5,6)7;4-2(5,6)1-3(7,8)10-9;1-2/h3H2,1-2H3;2H,1H3;1H3;1H2;. The van der Waals surface area contributed by atoms with Gasteiger partial charge in [0, 0.05) is 15.1 Å². The van der Waals surface area contributed by atoms with Gasteiger partial charge < -0.3 is 0 Å². The van der Waals surface area contributed by atoms with E-state index < -0.39 is 67.3 Å². The summed E-state index contributed by atoms with van der Waals surface area (Å²) >= 11 is 0. The summed E-state index contributed by atoms with van der Waals surface area (Å²) in [7, 11) is 0. The first-order chi connectivity index (χ1) is 17.5. The second-order valence-electron chi connectivity index (χ2n) is 6.87. The molecule has 0 heterocycles. The Hall–Kier alpha value is -2.09. The molecule has 0 N–H and O–H groups in total. The predicted octanol–water partition coefficient (Wildman–Crippen LogP) is 11.1. The number of halogens is 23. The maximum absolute atomic E-state index is 11.9. The van der Waals surface area contributed by atoms with Crippen molar-refractivity contribution in [3.8, 4) is 11.8 Å². The first-order valence-corrected chi connectivity index (χ1v) is 9.20. The van der Waals surface area contributed by atoms with Crippen LogP contribution in [0.5, 0.6) is 0 Å². The second kappa shape index (κ2) is 17.8. The van der Waals surface area contributed by atoms with Crippen LogP contribution in [0.2, 0.25) is 0 Å². The number of hydrogen-bond acceptors (Lipinski definition) is 1. The molecule has 24 heteroatoms. The first kappa shape index (κ1) is 48.6. The zero-order chi connectivity index (χ0) is 35.1. The van der Waals surface area contributed by atoms with Crippen LogP contribution >= 0.6 is 0 Å². The van der Waals surface area contributed by atoms with Gasteiger partial charge in [-0.25, -0.2) is 0 Å². The van der Waals surface area contributed by atoms with Gasteiger partial charge in [0.2, 0.25) is 0 Å². The molecule has 0 atom stereocenters. The van der Waals surface area contributed by atoms with Gasteiger partial charge in [0.05, 0.1) is 0 Å². The fourth-order valence-electron chi connectivity index (χ4n) is 1.15. The lowest BCUT2D eigenvalue weighted by atomic mass is 9.86. The molecule has 0 fully saturated rings. The zero-order valence-corrected chi connectivity index (χ0v) is 20.1. The van der Waals surface area contributed by atoms with E-state index in [1.54, 1.807) is 10.9 Å². The average molecular weight is 674 g/mol. The molecule has 1 nitrogen and oxygen atoms in total. The molecule has 0 saturated heterocycles. The van der Waals surface area contributed by atoms with Crippen LogP contribution in [0, 0.1) is 23.2 Å². The van der Waals surface area contributed by atoms with Crippen molar-refractivity contribution in [1.29, 1.82) is 0 Å². The van der Waals surface area contributed by atoms with Gasteiger partial charge in [-0.05, 0) is 31.7 Å². The molecule has 0 aliphatic heterocycles. The van der Waals surface area contributed by atoms with E-state index in [2.05, 4.69) is 0 Å². The van der Waals surface area contributed by atoms with Crippen molar-refractivity contribution in [2.45, 2.75) is 83.7 Å². The molecule has 0 aromatic rings. The van der Waals surface area contributed by atoms with E-state index in [1.165, 1.54) is 0 Å². The molecular weight excluding hydrogens is 657 g/mol. The van der Waals surface area contributed by atoms with Gasteiger partial charge in [0.25, 0.3) is 0 Å². The molecule has 41 heavy (non-hydrogen) atoms. The smallest absolute Gasteiger partial charge is 0.173 e. The highest BCUT2D eigenvalue weighted by molar-refractivity contribution is 5.01. The van der Waals surface area contributed by atoms with Gasteiger partial charge in [0.15, 0.2) is 5.41 Å². The lowest BCUT2D eigenvalue weighted by molar-refractivity contribution is -0.379. The molecular formula is C17H17F23O. The van der Waals surface area contributed by atoms with Gasteiger partial charge >= 0.3 is 43.2 Å². The summed E-state index contributed by atoms with van der Waals surface area (Å²) in [4.78, 5) is 1.76. The molecule has 0 unspecified atom stereocenters. The van der Waals surface area contributed by atoms with Gasteiger partial charge in [-0.15, -0.1) is 4.94 Å². The second-order valence-corrected chi connectivity index (χ2v) is 6.87. The van der Waals surface area contributed by atoms with Crippen molar-refractivity contribution in [3.63, 3.8) is 0 Å². The Balaban J connectivity index is -0.000000139. The summed E-state index contributed by atoms with van der Waals surface area (Å²) in [6.07, 6.45) is -38.7. The van der Waals surface area contributed by atoms with Crippen LogP contribution in [0.4, 0.5) is 101 Å². The zero-order valence-electron chi connectivity index (χ0n) is 20.1. The summed E-state index contributed by atoms with van der Waals surface area (Å²) in [5.74, 6) is -0.469. The number of hydrogen-bond donors (Lipinski definition) is 0. The first-order valence-electron chi connectivity index (χ1n) is 9.20. The van der Waals surface area contributed by atoms with Crippen LogP contribution in [0.3, 0.4) is 0 Å². The maximum atomic E-state index is 11.9. The minimum atomic E-state index is -5.24. The van der Waals surface area contributed by atoms with Crippen molar-refractivity contribution >= 4 is 0 Å². The Morgan fingerprint density at radius 3 is 0.951 bits per heavy atom. The molecule has 252 valence electrons. The highest BCUT2D eigenvalue weighted by Crippen LogP contribution is 2.52. The molecule has 0 aromatic heterocycles. The van der Waals surface area contributed by atoms with E-state index in [-0.39, 0.29) is 13.8 Å². The number of rotatable bonds is 3. The molecule has 0 radical (unpaired) electrons. The Kier molecular flexibility index (Phi) is 21.1. The molecule has 0 aliphatic carbocycles. The summed E-state index contributed by atoms with van der Waals surface area (Å²) in [5, 5.41) is 0. The van der Waals surface area contributed by atoms with Gasteiger partial charge in [0.1, 0.15) is 12.3 Å². The largest absolute Gasteiger partial charge is 0.457 e. The third kappa shape index (κ3) is 25.4. The Labute approximate surface area is 214 Å². The van der Waals surface area contributed by atoms with E-state index in [4.69, 9.17) is 9.15 Å². The summed E-state index contributed by atoms with van der Waals surface area (Å²) in [6.45, 7) is 2.25. The van der Waals surface area contributed by atoms with Crippen molar-refractivity contribution in [1.82, 2.24) is 0 Å². The van der Waals surface area contributed by atoms with Crippen LogP contribution < -0.4 is 0 Å². The highest BCUT2D eigenvalue weighted by atomic mass is 20.0. The predicted molar refractivity (Wildman–Crippen MR) is 91.3 cm³/mol. The maximum Gasteiger partial charge on any atom is 0.457 e. The van der Waals surface area contributed by atoms with E-state index in [0.29, 0.717) is 0 Å². The third-order valence-electron chi connectivity index (χ3n) is 3.73. The topological polar surface area (TPSA) is 9.23 Å². The monoisotopic (exact) mass is 674 g/mol. The van der Waals surface area contributed by atoms with E-state index >= 15 is 0 Å². The summed E-state index contributed by atoms with van der Waals surface area (Å²) in [6, 6.07) is 0. The van der Waals surface area contributed by atoms with Gasteiger partial charge in [-0.1, -0.05) is 12.8 Å². The molecule has 0 bridgehead atoms. The van der Waals surface area contributed by atoms with Crippen LogP contribution in [0.25, 0.3) is 0 Å². The molecule has 0 aliphatic rings.